The fraction of sp³-hybridized carbons (Fsp3) is 0.222. The summed E-state index contributed by atoms with van der Waals surface area (Å²) in [6.45, 7) is 0. The van der Waals surface area contributed by atoms with Gasteiger partial charge in [0.1, 0.15) is 5.82 Å². The van der Waals surface area contributed by atoms with Crippen LogP contribution in [0.1, 0.15) is 5.56 Å². The third-order valence-electron chi connectivity index (χ3n) is 2.16. The first-order chi connectivity index (χ1) is 5.70. The van der Waals surface area contributed by atoms with Crippen molar-refractivity contribution in [1.29, 1.82) is 0 Å². The topological polar surface area (TPSA) is 20.3 Å². The summed E-state index contributed by atoms with van der Waals surface area (Å²) in [7, 11) is 1.66. The van der Waals surface area contributed by atoms with E-state index in [2.05, 4.69) is 0 Å². The lowest BCUT2D eigenvalue weighted by atomic mass is 10.1. The van der Waals surface area contributed by atoms with Gasteiger partial charge in [0.15, 0.2) is 0 Å². The number of fused-ring (bicyclic) bond motifs is 1. The molecule has 1 aliphatic heterocycles. The van der Waals surface area contributed by atoms with Gasteiger partial charge in [-0.15, -0.1) is 0 Å². The number of likely N-dealkylation sites (N-methyl/N-ethyl adjacent to an activating group) is 1. The summed E-state index contributed by atoms with van der Waals surface area (Å²) in [6, 6.07) is 4.75. The molecular weight excluding hydrogens is 157 g/mol. The molecule has 0 radical (unpaired) electrons. The quantitative estimate of drug-likeness (QED) is 0.568. The molecule has 0 aromatic heterocycles. The molecule has 0 saturated heterocycles. The Morgan fingerprint density at radius 1 is 1.50 bits per heavy atom. The number of hydrogen-bond donors (Lipinski definition) is 0. The number of carbonyl (C=O) groups is 1. The molecule has 0 fully saturated rings. The Hall–Kier alpha value is -1.38. The molecule has 0 atom stereocenters. The van der Waals surface area contributed by atoms with E-state index in [0.29, 0.717) is 11.3 Å². The molecule has 0 bridgehead atoms. The van der Waals surface area contributed by atoms with Crippen molar-refractivity contribution in [2.75, 3.05) is 11.9 Å². The fourth-order valence-electron chi connectivity index (χ4n) is 1.44. The molecule has 1 aromatic carbocycles. The van der Waals surface area contributed by atoms with Crippen LogP contribution in [0.2, 0.25) is 0 Å². The number of hydrogen-bond acceptors (Lipinski definition) is 1. The molecule has 0 unspecified atom stereocenters. The largest absolute Gasteiger partial charge is 0.315 e. The molecule has 2 nitrogen and oxygen atoms in total. The zero-order valence-corrected chi connectivity index (χ0v) is 6.67. The Morgan fingerprint density at radius 2 is 2.25 bits per heavy atom. The van der Waals surface area contributed by atoms with Gasteiger partial charge in [0.25, 0.3) is 0 Å². The lowest BCUT2D eigenvalue weighted by Crippen LogP contribution is -2.20. The maximum Gasteiger partial charge on any atom is 0.231 e. The first-order valence-electron chi connectivity index (χ1n) is 3.74. The zero-order chi connectivity index (χ0) is 8.72. The van der Waals surface area contributed by atoms with E-state index in [1.54, 1.807) is 19.2 Å². The van der Waals surface area contributed by atoms with Crippen molar-refractivity contribution in [2.45, 2.75) is 6.42 Å². The molecule has 12 heavy (non-hydrogen) atoms. The molecule has 0 saturated carbocycles. The third-order valence-corrected chi connectivity index (χ3v) is 2.16. The number of carbonyl (C=O) groups excluding carboxylic acids is 1. The molecule has 1 amide bonds. The number of rotatable bonds is 0. The van der Waals surface area contributed by atoms with Gasteiger partial charge < -0.3 is 4.90 Å². The highest BCUT2D eigenvalue weighted by Gasteiger charge is 2.25. The van der Waals surface area contributed by atoms with Crippen molar-refractivity contribution in [3.63, 3.8) is 0 Å². The van der Waals surface area contributed by atoms with Crippen LogP contribution in [0, 0.1) is 5.82 Å². The predicted molar refractivity (Wildman–Crippen MR) is 43.5 cm³/mol. The van der Waals surface area contributed by atoms with Crippen LogP contribution in [0.3, 0.4) is 0 Å². The molecule has 0 spiro atoms. The van der Waals surface area contributed by atoms with Gasteiger partial charge in [0, 0.05) is 18.3 Å². The van der Waals surface area contributed by atoms with Crippen molar-refractivity contribution in [2.24, 2.45) is 0 Å². The van der Waals surface area contributed by atoms with E-state index in [9.17, 15) is 9.18 Å². The van der Waals surface area contributed by atoms with E-state index in [1.165, 1.54) is 11.0 Å². The summed E-state index contributed by atoms with van der Waals surface area (Å²) in [5, 5.41) is 0. The van der Waals surface area contributed by atoms with E-state index in [4.69, 9.17) is 0 Å². The van der Waals surface area contributed by atoms with Crippen LogP contribution in [0.25, 0.3) is 0 Å². The first-order valence-corrected chi connectivity index (χ1v) is 3.74. The molecule has 0 N–H and O–H groups in total. The number of halogens is 1. The van der Waals surface area contributed by atoms with Crippen molar-refractivity contribution >= 4 is 11.6 Å². The Labute approximate surface area is 69.6 Å². The van der Waals surface area contributed by atoms with E-state index in [0.717, 1.165) is 0 Å². The van der Waals surface area contributed by atoms with Gasteiger partial charge in [-0.1, -0.05) is 6.07 Å². The minimum absolute atomic E-state index is 0.0462. The Kier molecular flexibility index (Phi) is 1.40. The van der Waals surface area contributed by atoms with Gasteiger partial charge in [-0.05, 0) is 12.1 Å². The molecule has 1 heterocycles. The smallest absolute Gasteiger partial charge is 0.231 e. The molecule has 2 rings (SSSR count). The normalized spacial score (nSPS) is 15.2. The monoisotopic (exact) mass is 165 g/mol. The van der Waals surface area contributed by atoms with Crippen LogP contribution in [-0.2, 0) is 11.2 Å². The second-order valence-electron chi connectivity index (χ2n) is 2.87. The molecule has 1 aromatic rings. The van der Waals surface area contributed by atoms with Gasteiger partial charge in [0.05, 0.1) is 6.42 Å². The molecular formula is C9H8FNO. The summed E-state index contributed by atoms with van der Waals surface area (Å²) in [6.07, 6.45) is 0.193. The van der Waals surface area contributed by atoms with Gasteiger partial charge >= 0.3 is 0 Å². The zero-order valence-electron chi connectivity index (χ0n) is 6.67. The minimum Gasteiger partial charge on any atom is -0.315 e. The maximum absolute atomic E-state index is 13.1. The van der Waals surface area contributed by atoms with Crippen molar-refractivity contribution in [3.05, 3.63) is 29.6 Å². The van der Waals surface area contributed by atoms with E-state index < -0.39 is 0 Å². The van der Waals surface area contributed by atoms with Gasteiger partial charge in [-0.25, -0.2) is 4.39 Å². The molecule has 62 valence electrons. The highest BCUT2D eigenvalue weighted by atomic mass is 19.1. The second-order valence-corrected chi connectivity index (χ2v) is 2.87. The summed E-state index contributed by atoms with van der Waals surface area (Å²) < 4.78 is 13.1. The summed E-state index contributed by atoms with van der Waals surface area (Å²) in [5.74, 6) is -0.333. The summed E-state index contributed by atoms with van der Waals surface area (Å²) >= 11 is 0. The lowest BCUT2D eigenvalue weighted by Gasteiger charge is -2.08. The van der Waals surface area contributed by atoms with Crippen LogP contribution >= 0.6 is 0 Å². The maximum atomic E-state index is 13.1. The third kappa shape index (κ3) is 0.826. The van der Waals surface area contributed by atoms with Crippen LogP contribution in [0.15, 0.2) is 18.2 Å². The SMILES string of the molecule is CN1C(=O)Cc2c(F)cccc21. The number of anilines is 1. The second kappa shape index (κ2) is 2.30. The van der Waals surface area contributed by atoms with Crippen LogP contribution in [0.4, 0.5) is 10.1 Å². The standard InChI is InChI=1S/C9H8FNO/c1-11-8-4-2-3-7(10)6(8)5-9(11)12/h2-4H,5H2,1H3. The predicted octanol–water partition coefficient (Wildman–Crippen LogP) is 1.34. The Morgan fingerprint density at radius 3 is 2.92 bits per heavy atom. The molecule has 0 aliphatic carbocycles. The highest BCUT2D eigenvalue weighted by molar-refractivity contribution is 6.00. The van der Waals surface area contributed by atoms with Crippen LogP contribution in [0.5, 0.6) is 0 Å². The van der Waals surface area contributed by atoms with Crippen molar-refractivity contribution in [3.8, 4) is 0 Å². The minimum atomic E-state index is -0.287. The van der Waals surface area contributed by atoms with E-state index in [1.807, 2.05) is 0 Å². The molecule has 3 heteroatoms. The Balaban J connectivity index is 2.60. The van der Waals surface area contributed by atoms with Crippen LogP contribution in [-0.4, -0.2) is 13.0 Å². The fourth-order valence-corrected chi connectivity index (χ4v) is 1.44. The van der Waals surface area contributed by atoms with Gasteiger partial charge in [-0.3, -0.25) is 4.79 Å². The van der Waals surface area contributed by atoms with Crippen LogP contribution < -0.4 is 4.90 Å². The first kappa shape index (κ1) is 7.28. The van der Waals surface area contributed by atoms with E-state index in [-0.39, 0.29) is 18.1 Å². The molecule has 1 aliphatic rings. The van der Waals surface area contributed by atoms with Gasteiger partial charge in [-0.2, -0.15) is 0 Å². The Bertz CT molecular complexity index is 348. The summed E-state index contributed by atoms with van der Waals surface area (Å²) in [4.78, 5) is 12.6. The summed E-state index contributed by atoms with van der Waals surface area (Å²) in [5.41, 5.74) is 1.21. The average molecular weight is 165 g/mol. The van der Waals surface area contributed by atoms with Crippen molar-refractivity contribution < 1.29 is 9.18 Å². The van der Waals surface area contributed by atoms with Gasteiger partial charge in [0.2, 0.25) is 5.91 Å². The van der Waals surface area contributed by atoms with Crippen molar-refractivity contribution in [1.82, 2.24) is 0 Å². The lowest BCUT2D eigenvalue weighted by molar-refractivity contribution is -0.117. The number of amides is 1. The van der Waals surface area contributed by atoms with E-state index >= 15 is 0 Å². The number of benzene rings is 1. The average Bonchev–Trinajstić information content (AvgIpc) is 2.32. The highest BCUT2D eigenvalue weighted by Crippen LogP contribution is 2.28. The number of nitrogens with zero attached hydrogens (tertiary/aromatic N) is 1.